The van der Waals surface area contributed by atoms with E-state index in [9.17, 15) is 4.79 Å². The van der Waals surface area contributed by atoms with Crippen LogP contribution >= 0.6 is 0 Å². The minimum Gasteiger partial charge on any atom is -0.356 e. The first-order valence-electron chi connectivity index (χ1n) is 5.40. The molecular weight excluding hydrogens is 176 g/mol. The second-order valence-corrected chi connectivity index (χ2v) is 3.92. The minimum absolute atomic E-state index is 0.0357. The quantitative estimate of drug-likeness (QED) is 0.524. The van der Waals surface area contributed by atoms with Crippen LogP contribution in [0.1, 0.15) is 32.1 Å². The first-order chi connectivity index (χ1) is 6.75. The summed E-state index contributed by atoms with van der Waals surface area (Å²) >= 11 is 0. The van der Waals surface area contributed by atoms with Crippen molar-refractivity contribution in [2.45, 2.75) is 38.1 Å². The van der Waals surface area contributed by atoms with E-state index in [0.29, 0.717) is 6.54 Å². The lowest BCUT2D eigenvalue weighted by molar-refractivity contribution is -0.126. The predicted octanol–water partition coefficient (Wildman–Crippen LogP) is 1.20. The molecule has 3 N–H and O–H groups in total. The van der Waals surface area contributed by atoms with Crippen molar-refractivity contribution in [3.8, 4) is 0 Å². The average molecular weight is 196 g/mol. The van der Waals surface area contributed by atoms with Crippen LogP contribution in [0.15, 0.2) is 12.7 Å². The van der Waals surface area contributed by atoms with E-state index in [1.165, 1.54) is 0 Å². The molecule has 0 heterocycles. The van der Waals surface area contributed by atoms with Crippen molar-refractivity contribution in [1.29, 1.82) is 0 Å². The van der Waals surface area contributed by atoms with Crippen LogP contribution in [-0.2, 0) is 4.79 Å². The summed E-state index contributed by atoms with van der Waals surface area (Å²) in [7, 11) is 0. The zero-order valence-corrected chi connectivity index (χ0v) is 8.67. The van der Waals surface area contributed by atoms with Crippen molar-refractivity contribution < 1.29 is 4.79 Å². The topological polar surface area (TPSA) is 55.1 Å². The van der Waals surface area contributed by atoms with Gasteiger partial charge in [-0.1, -0.05) is 18.9 Å². The maximum Gasteiger partial charge on any atom is 0.224 e. The van der Waals surface area contributed by atoms with Gasteiger partial charge in [-0.3, -0.25) is 4.79 Å². The van der Waals surface area contributed by atoms with E-state index in [4.69, 9.17) is 5.73 Å². The lowest BCUT2D eigenvalue weighted by Gasteiger charge is -2.27. The molecule has 0 aromatic heterocycles. The molecule has 0 aromatic carbocycles. The molecule has 14 heavy (non-hydrogen) atoms. The monoisotopic (exact) mass is 196 g/mol. The number of nitrogens with two attached hydrogens (primary N) is 1. The maximum absolute atomic E-state index is 11.7. The van der Waals surface area contributed by atoms with Gasteiger partial charge in [0.15, 0.2) is 0 Å². The van der Waals surface area contributed by atoms with E-state index in [-0.39, 0.29) is 17.9 Å². The van der Waals surface area contributed by atoms with Crippen molar-refractivity contribution in [2.24, 2.45) is 11.7 Å². The Morgan fingerprint density at radius 1 is 1.50 bits per heavy atom. The van der Waals surface area contributed by atoms with Crippen molar-refractivity contribution >= 4 is 5.91 Å². The third-order valence-corrected chi connectivity index (χ3v) is 2.80. The summed E-state index contributed by atoms with van der Waals surface area (Å²) in [5.41, 5.74) is 5.90. The normalized spacial score (nSPS) is 26.9. The Bertz CT molecular complexity index is 203. The Morgan fingerprint density at radius 2 is 2.21 bits per heavy atom. The molecule has 1 fully saturated rings. The standard InChI is InChI=1S/C11H20N2O/c1-2-3-8-13-11(14)9-6-4-5-7-10(9)12/h2,9-10H,1,3-8,12H2,(H,13,14). The highest BCUT2D eigenvalue weighted by molar-refractivity contribution is 5.79. The van der Waals surface area contributed by atoms with Gasteiger partial charge in [-0.2, -0.15) is 0 Å². The fraction of sp³-hybridized carbons (Fsp3) is 0.727. The van der Waals surface area contributed by atoms with Gasteiger partial charge in [-0.25, -0.2) is 0 Å². The van der Waals surface area contributed by atoms with E-state index in [1.807, 2.05) is 0 Å². The maximum atomic E-state index is 11.7. The molecule has 0 aromatic rings. The van der Waals surface area contributed by atoms with Gasteiger partial charge in [-0.05, 0) is 19.3 Å². The van der Waals surface area contributed by atoms with Crippen LogP contribution in [0.2, 0.25) is 0 Å². The van der Waals surface area contributed by atoms with Crippen molar-refractivity contribution in [3.63, 3.8) is 0 Å². The Kier molecular flexibility index (Phi) is 4.66. The predicted molar refractivity (Wildman–Crippen MR) is 57.8 cm³/mol. The molecule has 0 radical (unpaired) electrons. The van der Waals surface area contributed by atoms with Gasteiger partial charge in [0.1, 0.15) is 0 Å². The van der Waals surface area contributed by atoms with Crippen LogP contribution in [-0.4, -0.2) is 18.5 Å². The number of hydrogen-bond acceptors (Lipinski definition) is 2. The third kappa shape index (κ3) is 3.14. The highest BCUT2D eigenvalue weighted by atomic mass is 16.1. The number of carbonyl (C=O) groups excluding carboxylic acids is 1. The van der Waals surface area contributed by atoms with E-state index in [0.717, 1.165) is 32.1 Å². The molecule has 0 bridgehead atoms. The summed E-state index contributed by atoms with van der Waals surface area (Å²) in [6.07, 6.45) is 6.86. The summed E-state index contributed by atoms with van der Waals surface area (Å²) in [4.78, 5) is 11.7. The zero-order valence-electron chi connectivity index (χ0n) is 8.67. The van der Waals surface area contributed by atoms with Crippen LogP contribution in [0.5, 0.6) is 0 Å². The highest BCUT2D eigenvalue weighted by Gasteiger charge is 2.27. The second kappa shape index (κ2) is 5.81. The van der Waals surface area contributed by atoms with Crippen LogP contribution in [0.4, 0.5) is 0 Å². The molecule has 0 saturated heterocycles. The Hall–Kier alpha value is -0.830. The van der Waals surface area contributed by atoms with E-state index in [1.54, 1.807) is 6.08 Å². The number of nitrogens with one attached hydrogen (secondary N) is 1. The lowest BCUT2D eigenvalue weighted by Crippen LogP contribution is -2.43. The fourth-order valence-corrected chi connectivity index (χ4v) is 1.91. The van der Waals surface area contributed by atoms with Gasteiger partial charge < -0.3 is 11.1 Å². The first-order valence-corrected chi connectivity index (χ1v) is 5.40. The van der Waals surface area contributed by atoms with E-state index in [2.05, 4.69) is 11.9 Å². The molecule has 80 valence electrons. The molecule has 2 atom stereocenters. The molecule has 1 rings (SSSR count). The summed E-state index contributed by atoms with van der Waals surface area (Å²) in [5, 5.41) is 2.89. The lowest BCUT2D eigenvalue weighted by atomic mass is 9.84. The summed E-state index contributed by atoms with van der Waals surface area (Å²) in [6.45, 7) is 4.30. The number of hydrogen-bond donors (Lipinski definition) is 2. The Balaban J connectivity index is 2.30. The molecule has 1 aliphatic carbocycles. The van der Waals surface area contributed by atoms with Gasteiger partial charge in [0, 0.05) is 12.6 Å². The molecule has 3 heteroatoms. The van der Waals surface area contributed by atoms with Crippen molar-refractivity contribution in [1.82, 2.24) is 5.32 Å². The van der Waals surface area contributed by atoms with Crippen molar-refractivity contribution in [2.75, 3.05) is 6.54 Å². The average Bonchev–Trinajstić information content (AvgIpc) is 2.18. The van der Waals surface area contributed by atoms with Crippen LogP contribution < -0.4 is 11.1 Å². The Labute approximate surface area is 85.7 Å². The zero-order chi connectivity index (χ0) is 10.4. The summed E-state index contributed by atoms with van der Waals surface area (Å²) in [5.74, 6) is 0.160. The molecule has 1 aliphatic rings. The van der Waals surface area contributed by atoms with Gasteiger partial charge in [0.25, 0.3) is 0 Å². The molecule has 1 amide bonds. The SMILES string of the molecule is C=CCCNC(=O)C1CCCCC1N. The van der Waals surface area contributed by atoms with E-state index >= 15 is 0 Å². The summed E-state index contributed by atoms with van der Waals surface area (Å²) in [6, 6.07) is 0.0625. The van der Waals surface area contributed by atoms with E-state index < -0.39 is 0 Å². The second-order valence-electron chi connectivity index (χ2n) is 3.92. The fourth-order valence-electron chi connectivity index (χ4n) is 1.91. The molecule has 1 saturated carbocycles. The third-order valence-electron chi connectivity index (χ3n) is 2.80. The molecule has 2 unspecified atom stereocenters. The van der Waals surface area contributed by atoms with Gasteiger partial charge in [-0.15, -0.1) is 6.58 Å². The minimum atomic E-state index is 0.0357. The number of rotatable bonds is 4. The number of amides is 1. The first kappa shape index (κ1) is 11.2. The summed E-state index contributed by atoms with van der Waals surface area (Å²) < 4.78 is 0. The Morgan fingerprint density at radius 3 is 2.86 bits per heavy atom. The van der Waals surface area contributed by atoms with Gasteiger partial charge in [0.05, 0.1) is 5.92 Å². The molecular formula is C11H20N2O. The van der Waals surface area contributed by atoms with Crippen molar-refractivity contribution in [3.05, 3.63) is 12.7 Å². The molecule has 0 aliphatic heterocycles. The van der Waals surface area contributed by atoms with Crippen LogP contribution in [0.3, 0.4) is 0 Å². The highest BCUT2D eigenvalue weighted by Crippen LogP contribution is 2.22. The van der Waals surface area contributed by atoms with Crippen LogP contribution in [0, 0.1) is 5.92 Å². The van der Waals surface area contributed by atoms with Gasteiger partial charge >= 0.3 is 0 Å². The number of carbonyl (C=O) groups is 1. The molecule has 0 spiro atoms. The van der Waals surface area contributed by atoms with Gasteiger partial charge in [0.2, 0.25) is 5.91 Å². The smallest absolute Gasteiger partial charge is 0.224 e. The van der Waals surface area contributed by atoms with Crippen LogP contribution in [0.25, 0.3) is 0 Å². The largest absolute Gasteiger partial charge is 0.356 e. The molecule has 3 nitrogen and oxygen atoms in total.